The van der Waals surface area contributed by atoms with E-state index in [-0.39, 0.29) is 10.6 Å². The fraction of sp³-hybridized carbons (Fsp3) is 0.765. The predicted octanol–water partition coefficient (Wildman–Crippen LogP) is 4.12. The first-order valence-electron chi connectivity index (χ1n) is 7.87. The molecule has 0 aromatic heterocycles. The van der Waals surface area contributed by atoms with Crippen LogP contribution in [0, 0.1) is 0 Å². The quantitative estimate of drug-likeness (QED) is 0.463. The smallest absolute Gasteiger partial charge is 0.408 e. The van der Waals surface area contributed by atoms with E-state index in [0.29, 0.717) is 0 Å². The molecule has 1 N–H and O–H groups in total. The van der Waals surface area contributed by atoms with Crippen LogP contribution in [0.1, 0.15) is 41.5 Å². The molecule has 0 saturated heterocycles. The van der Waals surface area contributed by atoms with Gasteiger partial charge in [0, 0.05) is 5.54 Å². The van der Waals surface area contributed by atoms with E-state index >= 15 is 0 Å². The summed E-state index contributed by atoms with van der Waals surface area (Å²) in [5.41, 5.74) is -0.812. The van der Waals surface area contributed by atoms with E-state index in [2.05, 4.69) is 45.8 Å². The first-order valence-corrected chi connectivity index (χ1v) is 10.9. The van der Waals surface area contributed by atoms with Crippen molar-refractivity contribution in [1.29, 1.82) is 0 Å². The standard InChI is InChI=1S/C17H33NO4Si/c1-11-12(23(9,10)17(5,6)7)13(14(19)21-8)18-15(20)22-16(2,3)4/h11-13H,1H2,2-10H3,(H,18,20)/t12-,13-/m0/s1. The molecule has 0 unspecified atom stereocenters. The van der Waals surface area contributed by atoms with Crippen LogP contribution in [0.2, 0.25) is 23.7 Å². The summed E-state index contributed by atoms with van der Waals surface area (Å²) in [5, 5.41) is 2.70. The monoisotopic (exact) mass is 343 g/mol. The highest BCUT2D eigenvalue weighted by molar-refractivity contribution is 6.82. The average Bonchev–Trinajstić information content (AvgIpc) is 2.33. The van der Waals surface area contributed by atoms with Crippen molar-refractivity contribution in [2.75, 3.05) is 7.11 Å². The number of alkyl carbamates (subject to hydrolysis) is 1. The molecular formula is C17H33NO4Si. The number of hydrogen-bond donors (Lipinski definition) is 1. The molecule has 0 radical (unpaired) electrons. The van der Waals surface area contributed by atoms with Gasteiger partial charge in [-0.25, -0.2) is 9.59 Å². The molecule has 0 bridgehead atoms. The maximum atomic E-state index is 12.3. The third-order valence-electron chi connectivity index (χ3n) is 4.51. The minimum atomic E-state index is -1.99. The number of nitrogens with one attached hydrogen (secondary N) is 1. The first-order chi connectivity index (χ1) is 10.2. The molecule has 0 aliphatic carbocycles. The highest BCUT2D eigenvalue weighted by atomic mass is 28.3. The van der Waals surface area contributed by atoms with Crippen LogP contribution in [0.15, 0.2) is 12.7 Å². The van der Waals surface area contributed by atoms with Gasteiger partial charge in [0.05, 0.1) is 15.2 Å². The van der Waals surface area contributed by atoms with Crippen LogP contribution in [-0.4, -0.2) is 38.9 Å². The Morgan fingerprint density at radius 3 is 1.91 bits per heavy atom. The topological polar surface area (TPSA) is 64.6 Å². The number of rotatable bonds is 5. The van der Waals surface area contributed by atoms with Crippen molar-refractivity contribution in [2.45, 2.75) is 76.9 Å². The summed E-state index contributed by atoms with van der Waals surface area (Å²) in [6.45, 7) is 20.0. The Morgan fingerprint density at radius 1 is 1.13 bits per heavy atom. The highest BCUT2D eigenvalue weighted by Crippen LogP contribution is 2.45. The first kappa shape index (κ1) is 21.7. The second-order valence-corrected chi connectivity index (χ2v) is 14.0. The third-order valence-corrected chi connectivity index (χ3v) is 10.6. The maximum Gasteiger partial charge on any atom is 0.408 e. The van der Waals surface area contributed by atoms with Crippen molar-refractivity contribution >= 4 is 20.1 Å². The van der Waals surface area contributed by atoms with Crippen LogP contribution in [0.4, 0.5) is 4.79 Å². The number of esters is 1. The van der Waals surface area contributed by atoms with Crippen molar-refractivity contribution in [3.8, 4) is 0 Å². The molecule has 134 valence electrons. The van der Waals surface area contributed by atoms with Crippen LogP contribution in [0.5, 0.6) is 0 Å². The number of amides is 1. The molecule has 0 heterocycles. The zero-order chi connectivity index (χ0) is 18.6. The minimum Gasteiger partial charge on any atom is -0.467 e. The Kier molecular flexibility index (Phi) is 7.09. The Labute approximate surface area is 141 Å². The molecule has 5 nitrogen and oxygen atoms in total. The average molecular weight is 344 g/mol. The fourth-order valence-corrected chi connectivity index (χ4v) is 4.85. The molecular weight excluding hydrogens is 310 g/mol. The van der Waals surface area contributed by atoms with E-state index in [1.54, 1.807) is 26.8 Å². The number of hydrogen-bond acceptors (Lipinski definition) is 4. The predicted molar refractivity (Wildman–Crippen MR) is 96.3 cm³/mol. The van der Waals surface area contributed by atoms with Gasteiger partial charge in [0.25, 0.3) is 0 Å². The van der Waals surface area contributed by atoms with Gasteiger partial charge in [-0.05, 0) is 25.8 Å². The third kappa shape index (κ3) is 6.01. The van der Waals surface area contributed by atoms with E-state index in [1.807, 2.05) is 0 Å². The Morgan fingerprint density at radius 2 is 1.61 bits per heavy atom. The van der Waals surface area contributed by atoms with Crippen LogP contribution in [0.25, 0.3) is 0 Å². The number of methoxy groups -OCH3 is 1. The van der Waals surface area contributed by atoms with Crippen molar-refractivity contribution in [3.05, 3.63) is 12.7 Å². The molecule has 1 amide bonds. The van der Waals surface area contributed by atoms with Gasteiger partial charge in [-0.15, -0.1) is 6.58 Å². The zero-order valence-corrected chi connectivity index (χ0v) is 17.1. The maximum absolute atomic E-state index is 12.3. The van der Waals surface area contributed by atoms with E-state index in [0.717, 1.165) is 0 Å². The highest BCUT2D eigenvalue weighted by Gasteiger charge is 2.47. The molecule has 0 aliphatic rings. The van der Waals surface area contributed by atoms with Gasteiger partial charge < -0.3 is 14.8 Å². The van der Waals surface area contributed by atoms with Crippen LogP contribution >= 0.6 is 0 Å². The number of carbonyl (C=O) groups is 2. The second kappa shape index (κ2) is 7.51. The molecule has 23 heavy (non-hydrogen) atoms. The summed E-state index contributed by atoms with van der Waals surface area (Å²) in [6, 6.07) is -0.798. The van der Waals surface area contributed by atoms with Gasteiger partial charge in [0.2, 0.25) is 0 Å². The lowest BCUT2D eigenvalue weighted by Crippen LogP contribution is -2.55. The molecule has 0 aromatic rings. The van der Waals surface area contributed by atoms with Gasteiger partial charge in [-0.2, -0.15) is 0 Å². The van der Waals surface area contributed by atoms with Gasteiger partial charge in [-0.3, -0.25) is 0 Å². The van der Waals surface area contributed by atoms with Crippen molar-refractivity contribution in [1.82, 2.24) is 5.32 Å². The second-order valence-electron chi connectivity index (χ2n) is 8.38. The van der Waals surface area contributed by atoms with Gasteiger partial charge in [0.1, 0.15) is 11.6 Å². The van der Waals surface area contributed by atoms with E-state index < -0.39 is 31.8 Å². The number of carbonyl (C=O) groups excluding carboxylic acids is 2. The molecule has 6 heteroatoms. The normalized spacial score (nSPS) is 15.3. The summed E-state index contributed by atoms with van der Waals surface area (Å²) < 4.78 is 10.2. The summed E-state index contributed by atoms with van der Waals surface area (Å²) in [5.74, 6) is -0.481. The minimum absolute atomic E-state index is 0.0216. The Hall–Kier alpha value is -1.30. The number of ether oxygens (including phenoxy) is 2. The summed E-state index contributed by atoms with van der Waals surface area (Å²) >= 11 is 0. The Bertz CT molecular complexity index is 446. The molecule has 0 fully saturated rings. The van der Waals surface area contributed by atoms with Gasteiger partial charge in [-0.1, -0.05) is 39.9 Å². The molecule has 0 aromatic carbocycles. The van der Waals surface area contributed by atoms with Gasteiger partial charge >= 0.3 is 12.1 Å². The van der Waals surface area contributed by atoms with E-state index in [9.17, 15) is 9.59 Å². The lowest BCUT2D eigenvalue weighted by Gasteiger charge is -2.44. The molecule has 0 rings (SSSR count). The van der Waals surface area contributed by atoms with Crippen molar-refractivity contribution in [3.63, 3.8) is 0 Å². The lowest BCUT2D eigenvalue weighted by atomic mass is 10.2. The lowest BCUT2D eigenvalue weighted by molar-refractivity contribution is -0.143. The molecule has 0 saturated carbocycles. The van der Waals surface area contributed by atoms with Crippen LogP contribution in [0.3, 0.4) is 0 Å². The van der Waals surface area contributed by atoms with Gasteiger partial charge in [0.15, 0.2) is 0 Å². The van der Waals surface area contributed by atoms with E-state index in [1.165, 1.54) is 7.11 Å². The van der Waals surface area contributed by atoms with Crippen molar-refractivity contribution < 1.29 is 19.1 Å². The Balaban J connectivity index is 5.57. The van der Waals surface area contributed by atoms with Crippen LogP contribution < -0.4 is 5.32 Å². The van der Waals surface area contributed by atoms with Crippen molar-refractivity contribution in [2.24, 2.45) is 0 Å². The molecule has 0 aliphatic heterocycles. The summed E-state index contributed by atoms with van der Waals surface area (Å²) in [6.07, 6.45) is 1.13. The largest absolute Gasteiger partial charge is 0.467 e. The molecule has 2 atom stereocenters. The fourth-order valence-electron chi connectivity index (χ4n) is 2.20. The van der Waals surface area contributed by atoms with Crippen LogP contribution in [-0.2, 0) is 14.3 Å². The zero-order valence-electron chi connectivity index (χ0n) is 16.1. The summed E-state index contributed by atoms with van der Waals surface area (Å²) in [7, 11) is -0.674. The summed E-state index contributed by atoms with van der Waals surface area (Å²) in [4.78, 5) is 24.4. The molecule has 0 spiro atoms. The SMILES string of the molecule is C=C[C@@H]([C@H](NC(=O)OC(C)(C)C)C(=O)OC)[Si](C)(C)C(C)(C)C. The van der Waals surface area contributed by atoms with E-state index in [4.69, 9.17) is 9.47 Å².